The number of halogens is 2. The van der Waals surface area contributed by atoms with Crippen LogP contribution in [0.3, 0.4) is 0 Å². The van der Waals surface area contributed by atoms with E-state index in [-0.39, 0.29) is 26.5 Å². The minimum absolute atomic E-state index is 0.0829. The molecule has 2 aromatic carbocycles. The SMILES string of the molecule is Nc1cc(S(=O)(=O)Nc2c(F)cccc2Br)ccc1O. The first-order valence-corrected chi connectivity index (χ1v) is 7.64. The Labute approximate surface area is 123 Å². The maximum Gasteiger partial charge on any atom is 0.262 e. The van der Waals surface area contributed by atoms with Crippen LogP contribution in [0.15, 0.2) is 45.8 Å². The van der Waals surface area contributed by atoms with Gasteiger partial charge < -0.3 is 10.8 Å². The van der Waals surface area contributed by atoms with Crippen LogP contribution in [0.2, 0.25) is 0 Å². The summed E-state index contributed by atoms with van der Waals surface area (Å²) in [5.74, 6) is -0.939. The molecule has 0 spiro atoms. The van der Waals surface area contributed by atoms with E-state index < -0.39 is 15.8 Å². The Bertz CT molecular complexity index is 745. The highest BCUT2D eigenvalue weighted by Gasteiger charge is 2.19. The summed E-state index contributed by atoms with van der Waals surface area (Å²) in [6, 6.07) is 7.49. The van der Waals surface area contributed by atoms with Crippen LogP contribution in [0.4, 0.5) is 15.8 Å². The van der Waals surface area contributed by atoms with Gasteiger partial charge in [-0.25, -0.2) is 12.8 Å². The Morgan fingerprint density at radius 1 is 1.25 bits per heavy atom. The summed E-state index contributed by atoms with van der Waals surface area (Å²) in [5.41, 5.74) is 5.17. The van der Waals surface area contributed by atoms with Crippen molar-refractivity contribution in [1.82, 2.24) is 0 Å². The molecule has 5 nitrogen and oxygen atoms in total. The van der Waals surface area contributed by atoms with Crippen molar-refractivity contribution in [1.29, 1.82) is 0 Å². The number of sulfonamides is 1. The molecule has 0 radical (unpaired) electrons. The summed E-state index contributed by atoms with van der Waals surface area (Å²) >= 11 is 3.07. The number of rotatable bonds is 3. The molecule has 0 amide bonds. The van der Waals surface area contributed by atoms with E-state index in [2.05, 4.69) is 20.7 Å². The maximum absolute atomic E-state index is 13.6. The molecule has 2 aromatic rings. The molecule has 0 fully saturated rings. The maximum atomic E-state index is 13.6. The van der Waals surface area contributed by atoms with E-state index in [1.165, 1.54) is 18.2 Å². The summed E-state index contributed by atoms with van der Waals surface area (Å²) in [6.45, 7) is 0. The van der Waals surface area contributed by atoms with E-state index in [4.69, 9.17) is 5.73 Å². The lowest BCUT2D eigenvalue weighted by molar-refractivity contribution is 0.477. The number of hydrogen-bond acceptors (Lipinski definition) is 4. The summed E-state index contributed by atoms with van der Waals surface area (Å²) in [6.07, 6.45) is 0. The molecule has 0 aliphatic heterocycles. The molecule has 0 unspecified atom stereocenters. The van der Waals surface area contributed by atoms with Gasteiger partial charge in [0.05, 0.1) is 16.3 Å². The van der Waals surface area contributed by atoms with Crippen molar-refractivity contribution in [3.8, 4) is 5.75 Å². The van der Waals surface area contributed by atoms with Crippen molar-refractivity contribution in [3.05, 3.63) is 46.7 Å². The topological polar surface area (TPSA) is 92.4 Å². The number of para-hydroxylation sites is 1. The zero-order valence-electron chi connectivity index (χ0n) is 9.97. The van der Waals surface area contributed by atoms with Crippen LogP contribution in [0.5, 0.6) is 5.75 Å². The van der Waals surface area contributed by atoms with Crippen molar-refractivity contribution >= 4 is 37.3 Å². The lowest BCUT2D eigenvalue weighted by Gasteiger charge is -2.11. The number of nitrogens with two attached hydrogens (primary N) is 1. The minimum atomic E-state index is -4.01. The highest BCUT2D eigenvalue weighted by molar-refractivity contribution is 9.10. The second-order valence-electron chi connectivity index (χ2n) is 3.92. The fraction of sp³-hybridized carbons (Fsp3) is 0. The Hall–Kier alpha value is -1.80. The quantitative estimate of drug-likeness (QED) is 0.579. The highest BCUT2D eigenvalue weighted by atomic mass is 79.9. The number of aromatic hydroxyl groups is 1. The Balaban J connectivity index is 2.43. The van der Waals surface area contributed by atoms with Gasteiger partial charge in [-0.2, -0.15) is 0 Å². The van der Waals surface area contributed by atoms with E-state index in [1.807, 2.05) is 0 Å². The third kappa shape index (κ3) is 2.86. The molecule has 0 aliphatic rings. The van der Waals surface area contributed by atoms with Crippen LogP contribution in [0.1, 0.15) is 0 Å². The van der Waals surface area contributed by atoms with E-state index in [9.17, 15) is 17.9 Å². The van der Waals surface area contributed by atoms with Gasteiger partial charge >= 0.3 is 0 Å². The van der Waals surface area contributed by atoms with Gasteiger partial charge in [0.25, 0.3) is 10.0 Å². The van der Waals surface area contributed by atoms with Crippen LogP contribution in [0.25, 0.3) is 0 Å². The first-order chi connectivity index (χ1) is 9.31. The number of hydrogen-bond donors (Lipinski definition) is 3. The van der Waals surface area contributed by atoms with Crippen molar-refractivity contribution in [2.45, 2.75) is 4.90 Å². The van der Waals surface area contributed by atoms with Crippen molar-refractivity contribution in [2.75, 3.05) is 10.5 Å². The molecule has 0 aliphatic carbocycles. The monoisotopic (exact) mass is 360 g/mol. The Morgan fingerprint density at radius 2 is 1.95 bits per heavy atom. The second kappa shape index (κ2) is 5.29. The molecule has 0 saturated heterocycles. The van der Waals surface area contributed by atoms with Gasteiger partial charge in [0, 0.05) is 4.47 Å². The number of benzene rings is 2. The average Bonchev–Trinajstić information content (AvgIpc) is 2.37. The van der Waals surface area contributed by atoms with Gasteiger partial charge in [0.2, 0.25) is 0 Å². The van der Waals surface area contributed by atoms with Gasteiger partial charge in [-0.1, -0.05) is 6.07 Å². The largest absolute Gasteiger partial charge is 0.506 e. The molecule has 4 N–H and O–H groups in total. The van der Waals surface area contributed by atoms with Gasteiger partial charge in [-0.05, 0) is 46.3 Å². The van der Waals surface area contributed by atoms with Crippen molar-refractivity contribution in [2.24, 2.45) is 0 Å². The summed E-state index contributed by atoms with van der Waals surface area (Å²) in [7, 11) is -4.01. The first kappa shape index (κ1) is 14.6. The molecule has 0 atom stereocenters. The molecule has 106 valence electrons. The van der Waals surface area contributed by atoms with E-state index in [0.29, 0.717) is 0 Å². The molecule has 0 heterocycles. The normalized spacial score (nSPS) is 11.3. The lowest BCUT2D eigenvalue weighted by atomic mass is 10.3. The average molecular weight is 361 g/mol. The fourth-order valence-electron chi connectivity index (χ4n) is 1.49. The zero-order chi connectivity index (χ0) is 14.9. The second-order valence-corrected chi connectivity index (χ2v) is 6.46. The fourth-order valence-corrected chi connectivity index (χ4v) is 3.18. The number of phenols is 1. The number of anilines is 2. The number of nitrogens with one attached hydrogen (secondary N) is 1. The Kier molecular flexibility index (Phi) is 3.87. The van der Waals surface area contributed by atoms with Crippen LogP contribution in [-0.4, -0.2) is 13.5 Å². The predicted octanol–water partition coefficient (Wildman–Crippen LogP) is 2.68. The van der Waals surface area contributed by atoms with Gasteiger partial charge in [-0.3, -0.25) is 4.72 Å². The third-order valence-electron chi connectivity index (χ3n) is 2.51. The van der Waals surface area contributed by atoms with Gasteiger partial charge in [0.15, 0.2) is 0 Å². The standard InChI is InChI=1S/C12H10BrFN2O3S/c13-8-2-1-3-9(14)12(8)16-20(18,19)7-4-5-11(17)10(15)6-7/h1-6,16-17H,15H2. The van der Waals surface area contributed by atoms with Gasteiger partial charge in [-0.15, -0.1) is 0 Å². The summed E-state index contributed by atoms with van der Waals surface area (Å²) in [5, 5.41) is 9.28. The number of phenolic OH excluding ortho intramolecular Hbond substituents is 1. The molecular weight excluding hydrogens is 351 g/mol. The number of nitrogen functional groups attached to an aromatic ring is 1. The smallest absolute Gasteiger partial charge is 0.262 e. The first-order valence-electron chi connectivity index (χ1n) is 5.36. The zero-order valence-corrected chi connectivity index (χ0v) is 12.4. The van der Waals surface area contributed by atoms with E-state index >= 15 is 0 Å². The van der Waals surface area contributed by atoms with Crippen LogP contribution < -0.4 is 10.5 Å². The van der Waals surface area contributed by atoms with Crippen molar-refractivity contribution in [3.63, 3.8) is 0 Å². The summed E-state index contributed by atoms with van der Waals surface area (Å²) < 4.78 is 40.3. The molecule has 2 rings (SSSR count). The van der Waals surface area contributed by atoms with E-state index in [1.54, 1.807) is 0 Å². The Morgan fingerprint density at radius 3 is 2.55 bits per heavy atom. The molecular formula is C12H10BrFN2O3S. The van der Waals surface area contributed by atoms with Crippen LogP contribution in [-0.2, 0) is 10.0 Å². The molecule has 8 heteroatoms. The van der Waals surface area contributed by atoms with Crippen LogP contribution >= 0.6 is 15.9 Å². The molecule has 20 heavy (non-hydrogen) atoms. The minimum Gasteiger partial charge on any atom is -0.506 e. The third-order valence-corrected chi connectivity index (χ3v) is 4.52. The molecule has 0 saturated carbocycles. The summed E-state index contributed by atoms with van der Waals surface area (Å²) in [4.78, 5) is -0.178. The predicted molar refractivity (Wildman–Crippen MR) is 77.4 cm³/mol. The van der Waals surface area contributed by atoms with Crippen LogP contribution in [0, 0.1) is 5.82 Å². The molecule has 0 aromatic heterocycles. The lowest BCUT2D eigenvalue weighted by Crippen LogP contribution is -2.14. The molecule has 0 bridgehead atoms. The van der Waals surface area contributed by atoms with Crippen molar-refractivity contribution < 1.29 is 17.9 Å². The highest BCUT2D eigenvalue weighted by Crippen LogP contribution is 2.29. The van der Waals surface area contributed by atoms with E-state index in [0.717, 1.165) is 18.2 Å². The van der Waals surface area contributed by atoms with Gasteiger partial charge in [0.1, 0.15) is 11.6 Å².